The van der Waals surface area contributed by atoms with Crippen molar-refractivity contribution in [2.45, 2.75) is 26.2 Å². The highest BCUT2D eigenvalue weighted by atomic mass is 32.1. The second-order valence-electron chi connectivity index (χ2n) is 2.90. The van der Waals surface area contributed by atoms with Gasteiger partial charge in [-0.05, 0) is 17.9 Å². The third-order valence-electron chi connectivity index (χ3n) is 1.85. The minimum atomic E-state index is 0.837. The smallest absolute Gasteiger partial charge is 0.151 e. The van der Waals surface area contributed by atoms with Crippen molar-refractivity contribution in [1.29, 1.82) is 0 Å². The van der Waals surface area contributed by atoms with Crippen LogP contribution in [0.2, 0.25) is 0 Å². The quantitative estimate of drug-likeness (QED) is 0.398. The molecule has 70 valence electrons. The largest absolute Gasteiger partial charge is 0.298 e. The molecular formula is C11H14OS. The Morgan fingerprint density at radius 2 is 2.46 bits per heavy atom. The second-order valence-corrected chi connectivity index (χ2v) is 3.84. The lowest BCUT2D eigenvalue weighted by atomic mass is 10.1. The molecule has 1 rings (SSSR count). The Morgan fingerprint density at radius 3 is 3.00 bits per heavy atom. The van der Waals surface area contributed by atoms with Gasteiger partial charge in [-0.15, -0.1) is 11.3 Å². The van der Waals surface area contributed by atoms with E-state index < -0.39 is 0 Å². The van der Waals surface area contributed by atoms with Gasteiger partial charge >= 0.3 is 0 Å². The Labute approximate surface area is 83.1 Å². The molecule has 0 unspecified atom stereocenters. The Hall–Kier alpha value is -0.890. The van der Waals surface area contributed by atoms with Crippen molar-refractivity contribution < 1.29 is 4.79 Å². The van der Waals surface area contributed by atoms with Gasteiger partial charge in [0, 0.05) is 10.5 Å². The summed E-state index contributed by atoms with van der Waals surface area (Å²) in [5.74, 6) is 0. The third-order valence-corrected chi connectivity index (χ3v) is 2.77. The molecule has 1 aromatic heterocycles. The average molecular weight is 194 g/mol. The first-order valence-electron chi connectivity index (χ1n) is 4.57. The number of hydrogen-bond donors (Lipinski definition) is 0. The maximum atomic E-state index is 10.7. The molecule has 0 aliphatic rings. The maximum Gasteiger partial charge on any atom is 0.151 e. The molecule has 0 amide bonds. The Morgan fingerprint density at radius 1 is 1.62 bits per heavy atom. The van der Waals surface area contributed by atoms with Crippen LogP contribution in [0.5, 0.6) is 0 Å². The molecule has 0 fully saturated rings. The molecule has 0 radical (unpaired) electrons. The fourth-order valence-electron chi connectivity index (χ4n) is 1.11. The number of thiophene rings is 1. The standard InChI is InChI=1S/C11H14OS/c1-2-3-4-6-10(9-12)11-7-5-8-13-11/h5-9H,2-4H2,1H3/b10-6-. The lowest BCUT2D eigenvalue weighted by Gasteiger charge is -1.94. The van der Waals surface area contributed by atoms with Crippen molar-refractivity contribution in [3.8, 4) is 0 Å². The van der Waals surface area contributed by atoms with Gasteiger partial charge in [-0.3, -0.25) is 4.79 Å². The van der Waals surface area contributed by atoms with Crippen LogP contribution in [0, 0.1) is 0 Å². The zero-order valence-electron chi connectivity index (χ0n) is 7.82. The van der Waals surface area contributed by atoms with Gasteiger partial charge < -0.3 is 0 Å². The third kappa shape index (κ3) is 3.15. The molecule has 0 saturated heterocycles. The number of carbonyl (C=O) groups excluding carboxylic acids is 1. The van der Waals surface area contributed by atoms with Crippen molar-refractivity contribution >= 4 is 23.2 Å². The van der Waals surface area contributed by atoms with E-state index in [2.05, 4.69) is 6.92 Å². The molecule has 1 heterocycles. The van der Waals surface area contributed by atoms with Crippen molar-refractivity contribution in [1.82, 2.24) is 0 Å². The summed E-state index contributed by atoms with van der Waals surface area (Å²) in [7, 11) is 0. The molecule has 0 atom stereocenters. The molecule has 2 heteroatoms. The fraction of sp³-hybridized carbons (Fsp3) is 0.364. The van der Waals surface area contributed by atoms with Crippen LogP contribution in [0.15, 0.2) is 23.6 Å². The number of aldehydes is 1. The summed E-state index contributed by atoms with van der Waals surface area (Å²) in [6.07, 6.45) is 6.31. The van der Waals surface area contributed by atoms with E-state index in [1.54, 1.807) is 11.3 Å². The van der Waals surface area contributed by atoms with Gasteiger partial charge in [0.15, 0.2) is 6.29 Å². The van der Waals surface area contributed by atoms with Gasteiger partial charge in [0.05, 0.1) is 0 Å². The zero-order chi connectivity index (χ0) is 9.52. The van der Waals surface area contributed by atoms with Crippen LogP contribution in [0.1, 0.15) is 31.1 Å². The number of unbranched alkanes of at least 4 members (excludes halogenated alkanes) is 2. The highest BCUT2D eigenvalue weighted by Gasteiger charge is 1.99. The van der Waals surface area contributed by atoms with Crippen LogP contribution in [0.25, 0.3) is 5.57 Å². The van der Waals surface area contributed by atoms with E-state index in [9.17, 15) is 4.79 Å². The molecule has 0 spiro atoms. The zero-order valence-corrected chi connectivity index (χ0v) is 8.64. The predicted molar refractivity (Wildman–Crippen MR) is 57.9 cm³/mol. The highest BCUT2D eigenvalue weighted by Crippen LogP contribution is 2.19. The van der Waals surface area contributed by atoms with Crippen molar-refractivity contribution in [3.05, 3.63) is 28.5 Å². The normalized spacial score (nSPS) is 11.6. The molecule has 0 aliphatic carbocycles. The van der Waals surface area contributed by atoms with E-state index in [1.165, 1.54) is 6.42 Å². The number of rotatable bonds is 5. The van der Waals surface area contributed by atoms with E-state index in [4.69, 9.17) is 0 Å². The van der Waals surface area contributed by atoms with Crippen LogP contribution < -0.4 is 0 Å². The summed E-state index contributed by atoms with van der Waals surface area (Å²) >= 11 is 1.61. The first-order valence-corrected chi connectivity index (χ1v) is 5.45. The minimum Gasteiger partial charge on any atom is -0.298 e. The van der Waals surface area contributed by atoms with Crippen LogP contribution in [0.4, 0.5) is 0 Å². The van der Waals surface area contributed by atoms with E-state index >= 15 is 0 Å². The highest BCUT2D eigenvalue weighted by molar-refractivity contribution is 7.11. The molecule has 0 aromatic carbocycles. The summed E-state index contributed by atoms with van der Waals surface area (Å²) in [5, 5.41) is 1.99. The number of allylic oxidation sites excluding steroid dienone is 2. The molecular weight excluding hydrogens is 180 g/mol. The van der Waals surface area contributed by atoms with Gasteiger partial charge in [0.25, 0.3) is 0 Å². The van der Waals surface area contributed by atoms with Crippen LogP contribution in [-0.4, -0.2) is 6.29 Å². The average Bonchev–Trinajstić information content (AvgIpc) is 2.65. The summed E-state index contributed by atoms with van der Waals surface area (Å²) in [5.41, 5.74) is 0.837. The predicted octanol–water partition coefficient (Wildman–Crippen LogP) is 3.52. The van der Waals surface area contributed by atoms with E-state index in [0.717, 1.165) is 29.6 Å². The molecule has 13 heavy (non-hydrogen) atoms. The molecule has 0 bridgehead atoms. The molecule has 0 N–H and O–H groups in total. The number of hydrogen-bond acceptors (Lipinski definition) is 2. The molecule has 0 aliphatic heterocycles. The van der Waals surface area contributed by atoms with Crippen molar-refractivity contribution in [3.63, 3.8) is 0 Å². The molecule has 0 saturated carbocycles. The summed E-state index contributed by atoms with van der Waals surface area (Å²) < 4.78 is 0. The Kier molecular flexibility index (Phi) is 4.47. The summed E-state index contributed by atoms with van der Waals surface area (Å²) in [6, 6.07) is 3.95. The Balaban J connectivity index is 2.62. The van der Waals surface area contributed by atoms with Crippen molar-refractivity contribution in [2.24, 2.45) is 0 Å². The number of carbonyl (C=O) groups is 1. The molecule has 1 aromatic rings. The monoisotopic (exact) mass is 194 g/mol. The fourth-order valence-corrected chi connectivity index (χ4v) is 1.84. The lowest BCUT2D eigenvalue weighted by Crippen LogP contribution is -1.81. The lowest BCUT2D eigenvalue weighted by molar-refractivity contribution is -0.103. The summed E-state index contributed by atoms with van der Waals surface area (Å²) in [6.45, 7) is 2.15. The first kappa shape index (κ1) is 10.2. The van der Waals surface area contributed by atoms with Crippen LogP contribution in [-0.2, 0) is 4.79 Å². The first-order chi connectivity index (χ1) is 6.38. The van der Waals surface area contributed by atoms with Gasteiger partial charge in [-0.2, -0.15) is 0 Å². The van der Waals surface area contributed by atoms with Gasteiger partial charge in [-0.25, -0.2) is 0 Å². The van der Waals surface area contributed by atoms with E-state index in [1.807, 2.05) is 23.6 Å². The van der Waals surface area contributed by atoms with Crippen molar-refractivity contribution in [2.75, 3.05) is 0 Å². The molecule has 1 nitrogen and oxygen atoms in total. The maximum absolute atomic E-state index is 10.7. The minimum absolute atomic E-state index is 0.837. The van der Waals surface area contributed by atoms with Gasteiger partial charge in [-0.1, -0.05) is 31.9 Å². The second kappa shape index (κ2) is 5.70. The SMILES string of the molecule is CCCC/C=C(/C=O)c1cccs1. The van der Waals surface area contributed by atoms with E-state index in [-0.39, 0.29) is 0 Å². The summed E-state index contributed by atoms with van der Waals surface area (Å²) in [4.78, 5) is 11.8. The van der Waals surface area contributed by atoms with Crippen LogP contribution >= 0.6 is 11.3 Å². The topological polar surface area (TPSA) is 17.1 Å². The van der Waals surface area contributed by atoms with Gasteiger partial charge in [0.1, 0.15) is 0 Å². The van der Waals surface area contributed by atoms with E-state index in [0.29, 0.717) is 0 Å². The van der Waals surface area contributed by atoms with Gasteiger partial charge in [0.2, 0.25) is 0 Å². The Bertz CT molecular complexity index is 272. The van der Waals surface area contributed by atoms with Crippen LogP contribution in [0.3, 0.4) is 0 Å².